The number of benzene rings is 2. The number of imide groups is 1. The molecule has 3 rings (SSSR count). The Kier molecular flexibility index (Phi) is 5.76. The zero-order valence-corrected chi connectivity index (χ0v) is 15.6. The van der Waals surface area contributed by atoms with Gasteiger partial charge in [0, 0.05) is 30.5 Å². The van der Waals surface area contributed by atoms with E-state index in [1.807, 2.05) is 0 Å². The van der Waals surface area contributed by atoms with E-state index >= 15 is 0 Å². The second-order valence-electron chi connectivity index (χ2n) is 6.20. The first-order valence-electron chi connectivity index (χ1n) is 8.55. The molecule has 7 heteroatoms. The summed E-state index contributed by atoms with van der Waals surface area (Å²) in [7, 11) is 1.67. The molecule has 0 atom stereocenters. The van der Waals surface area contributed by atoms with Crippen molar-refractivity contribution in [3.05, 3.63) is 59.1 Å². The molecule has 0 bridgehead atoms. The largest absolute Gasteiger partial charge is 0.492 e. The number of rotatable bonds is 6. The Morgan fingerprint density at radius 1 is 1.11 bits per heavy atom. The number of halogens is 1. The van der Waals surface area contributed by atoms with Crippen LogP contribution in [0.15, 0.2) is 48.5 Å². The number of hydrogen-bond donors (Lipinski definition) is 0. The maximum Gasteiger partial charge on any atom is 0.253 e. The van der Waals surface area contributed by atoms with Gasteiger partial charge in [0.25, 0.3) is 5.91 Å². The van der Waals surface area contributed by atoms with Crippen LogP contribution in [0.3, 0.4) is 0 Å². The molecule has 2 aromatic rings. The van der Waals surface area contributed by atoms with Crippen molar-refractivity contribution in [3.8, 4) is 5.75 Å². The average Bonchev–Trinajstić information content (AvgIpc) is 3.01. The minimum atomic E-state index is -0.241. The minimum absolute atomic E-state index is 0.207. The SMILES string of the molecule is CN(CCOc1ccc(Cl)cc1)C(=O)c1cccc(N2C(=O)CCC2=O)c1. The smallest absolute Gasteiger partial charge is 0.253 e. The first-order chi connectivity index (χ1) is 13.0. The maximum atomic E-state index is 12.6. The fraction of sp³-hybridized carbons (Fsp3) is 0.250. The molecule has 3 amide bonds. The van der Waals surface area contributed by atoms with Gasteiger partial charge in [0.2, 0.25) is 11.8 Å². The second-order valence-corrected chi connectivity index (χ2v) is 6.64. The summed E-state index contributed by atoms with van der Waals surface area (Å²) >= 11 is 5.83. The Hall–Kier alpha value is -2.86. The van der Waals surface area contributed by atoms with E-state index in [0.717, 1.165) is 4.90 Å². The molecule has 0 N–H and O–H groups in total. The quantitative estimate of drug-likeness (QED) is 0.715. The normalized spacial score (nSPS) is 13.8. The summed E-state index contributed by atoms with van der Waals surface area (Å²) in [5.41, 5.74) is 0.841. The fourth-order valence-electron chi connectivity index (χ4n) is 2.80. The number of likely N-dealkylation sites (N-methyl/N-ethyl adjacent to an activating group) is 1. The molecule has 27 heavy (non-hydrogen) atoms. The molecule has 6 nitrogen and oxygen atoms in total. The predicted octanol–water partition coefficient (Wildman–Crippen LogP) is 3.14. The Balaban J connectivity index is 1.61. The van der Waals surface area contributed by atoms with Gasteiger partial charge in [-0.1, -0.05) is 17.7 Å². The number of anilines is 1. The Bertz CT molecular complexity index is 851. The van der Waals surface area contributed by atoms with Gasteiger partial charge < -0.3 is 9.64 Å². The molecule has 1 saturated heterocycles. The van der Waals surface area contributed by atoms with Crippen LogP contribution in [0.5, 0.6) is 5.75 Å². The van der Waals surface area contributed by atoms with Crippen molar-refractivity contribution < 1.29 is 19.1 Å². The third-order valence-electron chi connectivity index (χ3n) is 4.26. The van der Waals surface area contributed by atoms with Crippen LogP contribution in [-0.4, -0.2) is 42.8 Å². The van der Waals surface area contributed by atoms with Crippen LogP contribution >= 0.6 is 11.6 Å². The lowest BCUT2D eigenvalue weighted by atomic mass is 10.1. The number of amides is 3. The van der Waals surface area contributed by atoms with Gasteiger partial charge in [-0.3, -0.25) is 19.3 Å². The molecular weight excluding hydrogens is 368 g/mol. The van der Waals surface area contributed by atoms with E-state index in [9.17, 15) is 14.4 Å². The zero-order chi connectivity index (χ0) is 19.4. The number of carbonyl (C=O) groups is 3. The summed E-state index contributed by atoms with van der Waals surface area (Å²) in [6.07, 6.45) is 0.415. The van der Waals surface area contributed by atoms with Crippen molar-refractivity contribution in [1.82, 2.24) is 4.90 Å². The average molecular weight is 387 g/mol. The first-order valence-corrected chi connectivity index (χ1v) is 8.93. The molecule has 0 radical (unpaired) electrons. The van der Waals surface area contributed by atoms with E-state index in [2.05, 4.69) is 0 Å². The first kappa shape index (κ1) is 18.9. The lowest BCUT2D eigenvalue weighted by molar-refractivity contribution is -0.121. The molecule has 0 aromatic heterocycles. The van der Waals surface area contributed by atoms with Crippen LogP contribution in [0, 0.1) is 0 Å². The Morgan fingerprint density at radius 3 is 2.44 bits per heavy atom. The van der Waals surface area contributed by atoms with Crippen LogP contribution in [-0.2, 0) is 9.59 Å². The van der Waals surface area contributed by atoms with Gasteiger partial charge in [0.1, 0.15) is 12.4 Å². The minimum Gasteiger partial charge on any atom is -0.492 e. The van der Waals surface area contributed by atoms with Gasteiger partial charge in [-0.05, 0) is 42.5 Å². The van der Waals surface area contributed by atoms with Gasteiger partial charge in [-0.2, -0.15) is 0 Å². The molecule has 1 aliphatic heterocycles. The van der Waals surface area contributed by atoms with Gasteiger partial charge in [-0.25, -0.2) is 0 Å². The number of carbonyl (C=O) groups excluding carboxylic acids is 3. The topological polar surface area (TPSA) is 66.9 Å². The molecule has 1 aliphatic rings. The summed E-state index contributed by atoms with van der Waals surface area (Å²) in [5.74, 6) is -0.0207. The summed E-state index contributed by atoms with van der Waals surface area (Å²) in [6, 6.07) is 13.5. The van der Waals surface area contributed by atoms with Crippen molar-refractivity contribution in [1.29, 1.82) is 0 Å². The third kappa shape index (κ3) is 4.46. The van der Waals surface area contributed by atoms with Crippen molar-refractivity contribution >= 4 is 35.0 Å². The summed E-state index contributed by atoms with van der Waals surface area (Å²) in [5, 5.41) is 0.629. The molecular formula is C20H19ClN2O4. The van der Waals surface area contributed by atoms with Crippen molar-refractivity contribution in [3.63, 3.8) is 0 Å². The lowest BCUT2D eigenvalue weighted by Gasteiger charge is -2.19. The Labute approximate surface area is 162 Å². The predicted molar refractivity (Wildman–Crippen MR) is 102 cm³/mol. The molecule has 0 unspecified atom stereocenters. The monoisotopic (exact) mass is 386 g/mol. The van der Waals surface area contributed by atoms with E-state index in [1.54, 1.807) is 55.6 Å². The molecule has 0 saturated carbocycles. The molecule has 0 spiro atoms. The van der Waals surface area contributed by atoms with E-state index in [0.29, 0.717) is 35.2 Å². The molecule has 0 aliphatic carbocycles. The number of nitrogens with zero attached hydrogens (tertiary/aromatic N) is 2. The fourth-order valence-corrected chi connectivity index (χ4v) is 2.92. The van der Waals surface area contributed by atoms with Gasteiger partial charge in [0.15, 0.2) is 0 Å². The van der Waals surface area contributed by atoms with Crippen LogP contribution in [0.1, 0.15) is 23.2 Å². The number of ether oxygens (including phenoxy) is 1. The van der Waals surface area contributed by atoms with Crippen LogP contribution in [0.4, 0.5) is 5.69 Å². The van der Waals surface area contributed by atoms with Crippen molar-refractivity contribution in [2.24, 2.45) is 0 Å². The van der Waals surface area contributed by atoms with Crippen molar-refractivity contribution in [2.75, 3.05) is 25.1 Å². The van der Waals surface area contributed by atoms with Crippen LogP contribution < -0.4 is 9.64 Å². The van der Waals surface area contributed by atoms with E-state index in [1.165, 1.54) is 4.90 Å². The zero-order valence-electron chi connectivity index (χ0n) is 14.9. The third-order valence-corrected chi connectivity index (χ3v) is 4.51. The van der Waals surface area contributed by atoms with Crippen molar-refractivity contribution in [2.45, 2.75) is 12.8 Å². The van der Waals surface area contributed by atoms with E-state index in [4.69, 9.17) is 16.3 Å². The van der Waals surface area contributed by atoms with Gasteiger partial charge in [0.05, 0.1) is 12.2 Å². The highest BCUT2D eigenvalue weighted by Gasteiger charge is 2.30. The summed E-state index contributed by atoms with van der Waals surface area (Å²) in [4.78, 5) is 39.1. The highest BCUT2D eigenvalue weighted by atomic mass is 35.5. The Morgan fingerprint density at radius 2 is 1.78 bits per heavy atom. The summed E-state index contributed by atoms with van der Waals surface area (Å²) in [6.45, 7) is 0.708. The summed E-state index contributed by atoms with van der Waals surface area (Å²) < 4.78 is 5.60. The highest BCUT2D eigenvalue weighted by Crippen LogP contribution is 2.24. The molecule has 2 aromatic carbocycles. The van der Waals surface area contributed by atoms with Crippen LogP contribution in [0.25, 0.3) is 0 Å². The second kappa shape index (κ2) is 8.22. The van der Waals surface area contributed by atoms with E-state index < -0.39 is 0 Å². The highest BCUT2D eigenvalue weighted by molar-refractivity contribution is 6.30. The standard InChI is InChI=1S/C20H19ClN2O4/c1-22(11-12-27-17-7-5-15(21)6-8-17)20(26)14-3-2-4-16(13-14)23-18(24)9-10-19(23)25/h2-8,13H,9-12H2,1H3. The van der Waals surface area contributed by atoms with Gasteiger partial charge >= 0.3 is 0 Å². The maximum absolute atomic E-state index is 12.6. The lowest BCUT2D eigenvalue weighted by Crippen LogP contribution is -2.32. The van der Waals surface area contributed by atoms with Gasteiger partial charge in [-0.15, -0.1) is 0 Å². The van der Waals surface area contributed by atoms with Crippen LogP contribution in [0.2, 0.25) is 5.02 Å². The van der Waals surface area contributed by atoms with E-state index in [-0.39, 0.29) is 30.6 Å². The molecule has 1 fully saturated rings. The number of hydrogen-bond acceptors (Lipinski definition) is 4. The molecule has 1 heterocycles. The molecule has 140 valence electrons.